The van der Waals surface area contributed by atoms with E-state index in [9.17, 15) is 9.59 Å². The van der Waals surface area contributed by atoms with Crippen LogP contribution < -0.4 is 5.32 Å². The maximum absolute atomic E-state index is 11.4. The zero-order valence-corrected chi connectivity index (χ0v) is 10.4. The highest BCUT2D eigenvalue weighted by atomic mass is 16.4. The fourth-order valence-corrected chi connectivity index (χ4v) is 1.34. The molecule has 0 radical (unpaired) electrons. The number of terminal acetylenes is 1. The van der Waals surface area contributed by atoms with Gasteiger partial charge in [-0.15, -0.1) is 6.42 Å². The number of carboxylic acid groups (broad SMARTS) is 1. The Hall–Kier alpha value is -1.54. The van der Waals surface area contributed by atoms with E-state index in [0.717, 1.165) is 0 Å². The normalized spacial score (nSPS) is 10.3. The van der Waals surface area contributed by atoms with Gasteiger partial charge in [0.2, 0.25) is 5.91 Å². The van der Waals surface area contributed by atoms with Gasteiger partial charge in [0.1, 0.15) is 0 Å². The second-order valence-electron chi connectivity index (χ2n) is 4.04. The quantitative estimate of drug-likeness (QED) is 0.599. The summed E-state index contributed by atoms with van der Waals surface area (Å²) in [4.78, 5) is 23.8. The van der Waals surface area contributed by atoms with Crippen LogP contribution in [0.3, 0.4) is 0 Å². The lowest BCUT2D eigenvalue weighted by Gasteiger charge is -2.25. The highest BCUT2D eigenvalue weighted by Crippen LogP contribution is 2.01. The number of amides is 1. The largest absolute Gasteiger partial charge is 0.481 e. The molecule has 0 aliphatic rings. The molecule has 0 fully saturated rings. The lowest BCUT2D eigenvalue weighted by Crippen LogP contribution is -2.41. The molecule has 2 N–H and O–H groups in total. The van der Waals surface area contributed by atoms with Crippen molar-refractivity contribution in [2.75, 3.05) is 19.6 Å². The number of carbonyl (C=O) groups excluding carboxylic acids is 1. The Morgan fingerprint density at radius 3 is 2.59 bits per heavy atom. The minimum absolute atomic E-state index is 0.120. The summed E-state index contributed by atoms with van der Waals surface area (Å²) in [7, 11) is 0. The van der Waals surface area contributed by atoms with Crippen LogP contribution in [0.4, 0.5) is 0 Å². The maximum Gasteiger partial charge on any atom is 0.303 e. The second-order valence-corrected chi connectivity index (χ2v) is 4.04. The van der Waals surface area contributed by atoms with Crippen LogP contribution in [0.5, 0.6) is 0 Å². The first kappa shape index (κ1) is 15.5. The Labute approximate surface area is 102 Å². The van der Waals surface area contributed by atoms with Crippen LogP contribution >= 0.6 is 0 Å². The van der Waals surface area contributed by atoms with Crippen LogP contribution in [-0.2, 0) is 9.59 Å². The van der Waals surface area contributed by atoms with E-state index >= 15 is 0 Å². The number of carboxylic acids is 1. The van der Waals surface area contributed by atoms with E-state index in [2.05, 4.69) is 11.2 Å². The molecule has 0 heterocycles. The number of aliphatic carboxylic acids is 1. The van der Waals surface area contributed by atoms with Gasteiger partial charge < -0.3 is 10.4 Å². The van der Waals surface area contributed by atoms with Gasteiger partial charge in [-0.2, -0.15) is 0 Å². The summed E-state index contributed by atoms with van der Waals surface area (Å²) in [6, 6.07) is 0.195. The fourth-order valence-electron chi connectivity index (χ4n) is 1.34. The van der Waals surface area contributed by atoms with E-state index in [-0.39, 0.29) is 31.5 Å². The highest BCUT2D eigenvalue weighted by Gasteiger charge is 2.13. The average Bonchev–Trinajstić information content (AvgIpc) is 2.24. The number of hydrogen-bond acceptors (Lipinski definition) is 3. The van der Waals surface area contributed by atoms with E-state index < -0.39 is 5.97 Å². The summed E-state index contributed by atoms with van der Waals surface area (Å²) in [5, 5.41) is 11.1. The summed E-state index contributed by atoms with van der Waals surface area (Å²) in [5.74, 6) is 1.38. The molecular formula is C12H20N2O3. The van der Waals surface area contributed by atoms with Gasteiger partial charge in [-0.05, 0) is 26.8 Å². The number of hydrogen-bond donors (Lipinski definition) is 2. The molecule has 0 saturated heterocycles. The summed E-state index contributed by atoms with van der Waals surface area (Å²) in [5.41, 5.74) is 0. The van der Waals surface area contributed by atoms with Gasteiger partial charge >= 0.3 is 5.97 Å². The molecule has 17 heavy (non-hydrogen) atoms. The number of rotatable bonds is 8. The van der Waals surface area contributed by atoms with Crippen molar-refractivity contribution in [3.8, 4) is 12.3 Å². The molecule has 0 aromatic rings. The molecule has 0 atom stereocenters. The number of carbonyl (C=O) groups is 2. The van der Waals surface area contributed by atoms with Crippen molar-refractivity contribution in [3.63, 3.8) is 0 Å². The van der Waals surface area contributed by atoms with Crippen LogP contribution in [0, 0.1) is 12.3 Å². The first-order chi connectivity index (χ1) is 7.97. The standard InChI is InChI=1S/C12H20N2O3/c1-4-7-13-11(15)9-14(10(2)3)8-5-6-12(16)17/h1,10H,5-9H2,2-3H3,(H,13,15)(H,16,17). The average molecular weight is 240 g/mol. The molecule has 0 aromatic carbocycles. The van der Waals surface area contributed by atoms with Gasteiger partial charge in [-0.3, -0.25) is 14.5 Å². The molecule has 0 aromatic heterocycles. The van der Waals surface area contributed by atoms with Crippen molar-refractivity contribution < 1.29 is 14.7 Å². The van der Waals surface area contributed by atoms with Crippen LogP contribution in [0.25, 0.3) is 0 Å². The first-order valence-corrected chi connectivity index (χ1v) is 5.63. The third-order valence-corrected chi connectivity index (χ3v) is 2.30. The number of nitrogens with zero attached hydrogens (tertiary/aromatic N) is 1. The van der Waals surface area contributed by atoms with Crippen molar-refractivity contribution in [2.45, 2.75) is 32.7 Å². The third-order valence-electron chi connectivity index (χ3n) is 2.30. The molecule has 96 valence electrons. The Morgan fingerprint density at radius 2 is 2.12 bits per heavy atom. The molecule has 0 rings (SSSR count). The molecule has 1 amide bonds. The molecule has 0 unspecified atom stereocenters. The molecule has 5 heteroatoms. The van der Waals surface area contributed by atoms with Crippen molar-refractivity contribution in [1.82, 2.24) is 10.2 Å². The van der Waals surface area contributed by atoms with Crippen molar-refractivity contribution in [2.24, 2.45) is 0 Å². The van der Waals surface area contributed by atoms with Crippen LogP contribution in [0.15, 0.2) is 0 Å². The number of nitrogens with one attached hydrogen (secondary N) is 1. The van der Waals surface area contributed by atoms with Crippen molar-refractivity contribution in [3.05, 3.63) is 0 Å². The summed E-state index contributed by atoms with van der Waals surface area (Å²) >= 11 is 0. The predicted octanol–water partition coefficient (Wildman–Crippen LogP) is 0.311. The van der Waals surface area contributed by atoms with E-state index in [1.165, 1.54) is 0 Å². The highest BCUT2D eigenvalue weighted by molar-refractivity contribution is 5.78. The first-order valence-electron chi connectivity index (χ1n) is 5.63. The molecular weight excluding hydrogens is 220 g/mol. The lowest BCUT2D eigenvalue weighted by molar-refractivity contribution is -0.137. The van der Waals surface area contributed by atoms with Gasteiger partial charge in [0.15, 0.2) is 0 Å². The van der Waals surface area contributed by atoms with Crippen molar-refractivity contribution >= 4 is 11.9 Å². The molecule has 0 saturated carbocycles. The fraction of sp³-hybridized carbons (Fsp3) is 0.667. The van der Waals surface area contributed by atoms with Gasteiger partial charge in [0.25, 0.3) is 0 Å². The van der Waals surface area contributed by atoms with Crippen LogP contribution in [0.2, 0.25) is 0 Å². The Bertz CT molecular complexity index is 295. The van der Waals surface area contributed by atoms with Gasteiger partial charge in [0, 0.05) is 12.5 Å². The van der Waals surface area contributed by atoms with Crippen LogP contribution in [0.1, 0.15) is 26.7 Å². The van der Waals surface area contributed by atoms with Gasteiger partial charge in [-0.25, -0.2) is 0 Å². The van der Waals surface area contributed by atoms with E-state index in [0.29, 0.717) is 13.0 Å². The van der Waals surface area contributed by atoms with Gasteiger partial charge in [0.05, 0.1) is 13.1 Å². The molecule has 0 bridgehead atoms. The Morgan fingerprint density at radius 1 is 1.47 bits per heavy atom. The molecule has 0 aliphatic heterocycles. The zero-order valence-electron chi connectivity index (χ0n) is 10.4. The molecule has 5 nitrogen and oxygen atoms in total. The SMILES string of the molecule is C#CCNC(=O)CN(CCCC(=O)O)C(C)C. The monoisotopic (exact) mass is 240 g/mol. The smallest absolute Gasteiger partial charge is 0.303 e. The molecule has 0 spiro atoms. The third kappa shape index (κ3) is 8.29. The summed E-state index contributed by atoms with van der Waals surface area (Å²) in [6.45, 7) is 5.00. The topological polar surface area (TPSA) is 69.6 Å². The summed E-state index contributed by atoms with van der Waals surface area (Å²) < 4.78 is 0. The maximum atomic E-state index is 11.4. The van der Waals surface area contributed by atoms with E-state index in [1.54, 1.807) is 0 Å². The Balaban J connectivity index is 4.02. The van der Waals surface area contributed by atoms with E-state index in [1.807, 2.05) is 18.7 Å². The van der Waals surface area contributed by atoms with E-state index in [4.69, 9.17) is 11.5 Å². The van der Waals surface area contributed by atoms with Gasteiger partial charge in [-0.1, -0.05) is 5.92 Å². The van der Waals surface area contributed by atoms with Crippen LogP contribution in [-0.4, -0.2) is 47.6 Å². The van der Waals surface area contributed by atoms with Crippen molar-refractivity contribution in [1.29, 1.82) is 0 Å². The minimum Gasteiger partial charge on any atom is -0.481 e. The zero-order chi connectivity index (χ0) is 13.3. The predicted molar refractivity (Wildman–Crippen MR) is 65.4 cm³/mol. The molecule has 0 aliphatic carbocycles. The minimum atomic E-state index is -0.814. The second kappa shape index (κ2) is 8.59. The Kier molecular flexibility index (Phi) is 7.82. The summed E-state index contributed by atoms with van der Waals surface area (Å²) in [6.07, 6.45) is 5.70. The lowest BCUT2D eigenvalue weighted by atomic mass is 10.2.